The SMILES string of the molecule is O=Cc1cccc(/C=C/c2cc(C(F)(F)F)ccn2)c1. The van der Waals surface area contributed by atoms with Crippen LogP contribution in [0, 0.1) is 0 Å². The van der Waals surface area contributed by atoms with Crippen molar-refractivity contribution in [1.82, 2.24) is 4.98 Å². The first-order chi connectivity index (χ1) is 9.49. The van der Waals surface area contributed by atoms with Gasteiger partial charge < -0.3 is 0 Å². The van der Waals surface area contributed by atoms with E-state index >= 15 is 0 Å². The molecule has 2 rings (SSSR count). The fraction of sp³-hybridized carbons (Fsp3) is 0.0667. The summed E-state index contributed by atoms with van der Waals surface area (Å²) in [5.74, 6) is 0. The molecule has 1 aromatic carbocycles. The van der Waals surface area contributed by atoms with Crippen LogP contribution in [0.4, 0.5) is 13.2 Å². The van der Waals surface area contributed by atoms with Gasteiger partial charge in [-0.2, -0.15) is 13.2 Å². The predicted octanol–water partition coefficient (Wildman–Crippen LogP) is 4.08. The van der Waals surface area contributed by atoms with Gasteiger partial charge in [-0.25, -0.2) is 0 Å². The molecule has 1 heterocycles. The minimum atomic E-state index is -4.39. The van der Waals surface area contributed by atoms with Gasteiger partial charge in [0.05, 0.1) is 11.3 Å². The number of aldehydes is 1. The van der Waals surface area contributed by atoms with Crippen molar-refractivity contribution in [3.63, 3.8) is 0 Å². The first-order valence-corrected chi connectivity index (χ1v) is 5.75. The summed E-state index contributed by atoms with van der Waals surface area (Å²) in [6.07, 6.45) is 0.516. The van der Waals surface area contributed by atoms with Crippen LogP contribution in [0.25, 0.3) is 12.2 Å². The fourth-order valence-electron chi connectivity index (χ4n) is 1.63. The molecule has 0 N–H and O–H groups in total. The molecule has 1 aromatic heterocycles. The molecule has 2 nitrogen and oxygen atoms in total. The van der Waals surface area contributed by atoms with Gasteiger partial charge in [-0.15, -0.1) is 0 Å². The van der Waals surface area contributed by atoms with Crippen molar-refractivity contribution >= 4 is 18.4 Å². The lowest BCUT2D eigenvalue weighted by atomic mass is 10.1. The molecule has 0 unspecified atom stereocenters. The van der Waals surface area contributed by atoms with Gasteiger partial charge in [0.1, 0.15) is 6.29 Å². The number of pyridine rings is 1. The summed E-state index contributed by atoms with van der Waals surface area (Å²) < 4.78 is 37.6. The summed E-state index contributed by atoms with van der Waals surface area (Å²) in [4.78, 5) is 14.5. The topological polar surface area (TPSA) is 30.0 Å². The van der Waals surface area contributed by atoms with Gasteiger partial charge in [0.2, 0.25) is 0 Å². The van der Waals surface area contributed by atoms with Crippen LogP contribution in [-0.4, -0.2) is 11.3 Å². The normalized spacial score (nSPS) is 11.8. The van der Waals surface area contributed by atoms with Crippen LogP contribution in [0.1, 0.15) is 27.2 Å². The predicted molar refractivity (Wildman–Crippen MR) is 70.0 cm³/mol. The summed E-state index contributed by atoms with van der Waals surface area (Å²) in [6.45, 7) is 0. The van der Waals surface area contributed by atoms with Crippen LogP contribution in [0.15, 0.2) is 42.6 Å². The molecule has 0 aliphatic heterocycles. The molecule has 0 bridgehead atoms. The number of hydrogen-bond donors (Lipinski definition) is 0. The van der Waals surface area contributed by atoms with Crippen molar-refractivity contribution in [2.75, 3.05) is 0 Å². The maximum absolute atomic E-state index is 12.5. The lowest BCUT2D eigenvalue weighted by Crippen LogP contribution is -2.05. The molecule has 20 heavy (non-hydrogen) atoms. The van der Waals surface area contributed by atoms with Crippen LogP contribution in [0.3, 0.4) is 0 Å². The number of halogens is 3. The molecule has 0 saturated carbocycles. The number of carbonyl (C=O) groups is 1. The Balaban J connectivity index is 2.25. The molecule has 5 heteroatoms. The van der Waals surface area contributed by atoms with Gasteiger partial charge >= 0.3 is 6.18 Å². The maximum atomic E-state index is 12.5. The zero-order chi connectivity index (χ0) is 14.6. The van der Waals surface area contributed by atoms with E-state index in [9.17, 15) is 18.0 Å². The average molecular weight is 277 g/mol. The molecule has 0 aliphatic carbocycles. The van der Waals surface area contributed by atoms with E-state index in [1.165, 1.54) is 6.08 Å². The van der Waals surface area contributed by atoms with Crippen molar-refractivity contribution in [3.8, 4) is 0 Å². The van der Waals surface area contributed by atoms with Crippen molar-refractivity contribution in [3.05, 3.63) is 65.0 Å². The zero-order valence-electron chi connectivity index (χ0n) is 10.3. The Kier molecular flexibility index (Phi) is 3.98. The second-order valence-electron chi connectivity index (χ2n) is 4.09. The van der Waals surface area contributed by atoms with Gasteiger partial charge in [0, 0.05) is 11.8 Å². The Hall–Kier alpha value is -2.43. The van der Waals surface area contributed by atoms with E-state index in [2.05, 4.69) is 4.98 Å². The molecule has 0 spiro atoms. The smallest absolute Gasteiger partial charge is 0.298 e. The Labute approximate surface area is 113 Å². The largest absolute Gasteiger partial charge is 0.416 e. The van der Waals surface area contributed by atoms with E-state index in [-0.39, 0.29) is 5.69 Å². The Bertz CT molecular complexity index is 648. The summed E-state index contributed by atoms with van der Waals surface area (Å²) in [6, 6.07) is 8.62. The first-order valence-electron chi connectivity index (χ1n) is 5.75. The molecule has 0 aliphatic rings. The lowest BCUT2D eigenvalue weighted by Gasteiger charge is -2.06. The number of hydrogen-bond acceptors (Lipinski definition) is 2. The Morgan fingerprint density at radius 2 is 1.75 bits per heavy atom. The van der Waals surface area contributed by atoms with Crippen molar-refractivity contribution in [1.29, 1.82) is 0 Å². The average Bonchev–Trinajstić information content (AvgIpc) is 2.45. The fourth-order valence-corrected chi connectivity index (χ4v) is 1.63. The third-order valence-electron chi connectivity index (χ3n) is 2.60. The van der Waals surface area contributed by atoms with Gasteiger partial charge in [0.25, 0.3) is 0 Å². The molecular formula is C15H10F3NO. The highest BCUT2D eigenvalue weighted by Crippen LogP contribution is 2.29. The molecule has 0 atom stereocenters. The van der Waals surface area contributed by atoms with Crippen LogP contribution in [0.5, 0.6) is 0 Å². The Morgan fingerprint density at radius 1 is 1.00 bits per heavy atom. The third kappa shape index (κ3) is 3.54. The number of carbonyl (C=O) groups excluding carboxylic acids is 1. The van der Waals surface area contributed by atoms with Crippen LogP contribution in [0.2, 0.25) is 0 Å². The second-order valence-corrected chi connectivity index (χ2v) is 4.09. The Morgan fingerprint density at radius 3 is 2.45 bits per heavy atom. The van der Waals surface area contributed by atoms with E-state index in [1.807, 2.05) is 0 Å². The maximum Gasteiger partial charge on any atom is 0.416 e. The van der Waals surface area contributed by atoms with E-state index in [0.29, 0.717) is 17.4 Å². The van der Waals surface area contributed by atoms with Crippen molar-refractivity contribution in [2.24, 2.45) is 0 Å². The summed E-state index contributed by atoms with van der Waals surface area (Å²) >= 11 is 0. The number of aromatic nitrogens is 1. The van der Waals surface area contributed by atoms with Crippen molar-refractivity contribution in [2.45, 2.75) is 6.18 Å². The number of benzene rings is 1. The summed E-state index contributed by atoms with van der Waals surface area (Å²) in [7, 11) is 0. The highest BCUT2D eigenvalue weighted by Gasteiger charge is 2.30. The van der Waals surface area contributed by atoms with E-state index in [0.717, 1.165) is 18.3 Å². The number of rotatable bonds is 3. The van der Waals surface area contributed by atoms with Gasteiger partial charge in [-0.05, 0) is 29.8 Å². The summed E-state index contributed by atoms with van der Waals surface area (Å²) in [5, 5.41) is 0. The highest BCUT2D eigenvalue weighted by atomic mass is 19.4. The van der Waals surface area contributed by atoms with Gasteiger partial charge in [-0.3, -0.25) is 9.78 Å². The first kappa shape index (κ1) is 14.0. The second kappa shape index (κ2) is 5.69. The molecule has 0 radical (unpaired) electrons. The number of nitrogens with zero attached hydrogens (tertiary/aromatic N) is 1. The van der Waals surface area contributed by atoms with E-state index in [4.69, 9.17) is 0 Å². The molecule has 0 saturated heterocycles. The zero-order valence-corrected chi connectivity index (χ0v) is 10.3. The molecular weight excluding hydrogens is 267 g/mol. The molecule has 0 fully saturated rings. The van der Waals surface area contributed by atoms with Crippen LogP contribution >= 0.6 is 0 Å². The third-order valence-corrected chi connectivity index (χ3v) is 2.60. The molecule has 0 amide bonds. The standard InChI is InChI=1S/C15H10F3NO/c16-15(17,18)13-6-7-19-14(9-13)5-4-11-2-1-3-12(8-11)10-20/h1-10H/b5-4+. The van der Waals surface area contributed by atoms with Gasteiger partial charge in [-0.1, -0.05) is 24.3 Å². The minimum Gasteiger partial charge on any atom is -0.298 e. The van der Waals surface area contributed by atoms with E-state index < -0.39 is 11.7 Å². The quantitative estimate of drug-likeness (QED) is 0.791. The van der Waals surface area contributed by atoms with Crippen LogP contribution < -0.4 is 0 Å². The lowest BCUT2D eigenvalue weighted by molar-refractivity contribution is -0.137. The van der Waals surface area contributed by atoms with Gasteiger partial charge in [0.15, 0.2) is 0 Å². The van der Waals surface area contributed by atoms with E-state index in [1.54, 1.807) is 30.3 Å². The highest BCUT2D eigenvalue weighted by molar-refractivity contribution is 5.78. The summed E-state index contributed by atoms with van der Waals surface area (Å²) in [5.41, 5.74) is 0.683. The molecule has 2 aromatic rings. The van der Waals surface area contributed by atoms with Crippen LogP contribution in [-0.2, 0) is 6.18 Å². The minimum absolute atomic E-state index is 0.205. The van der Waals surface area contributed by atoms with Crippen molar-refractivity contribution < 1.29 is 18.0 Å². The molecule has 102 valence electrons. The number of alkyl halides is 3. The monoisotopic (exact) mass is 277 g/mol.